The normalized spacial score (nSPS) is 16.4. The summed E-state index contributed by atoms with van der Waals surface area (Å²) in [6.45, 7) is 0.141. The van der Waals surface area contributed by atoms with Crippen LogP contribution in [0.15, 0.2) is 30.3 Å². The molecular formula is C13H15NO4. The van der Waals surface area contributed by atoms with E-state index in [0.29, 0.717) is 12.8 Å². The van der Waals surface area contributed by atoms with Gasteiger partial charge in [0, 0.05) is 0 Å². The van der Waals surface area contributed by atoms with Crippen LogP contribution in [0.4, 0.5) is 4.79 Å². The van der Waals surface area contributed by atoms with E-state index in [1.54, 1.807) is 0 Å². The van der Waals surface area contributed by atoms with Crippen molar-refractivity contribution in [1.82, 2.24) is 5.32 Å². The van der Waals surface area contributed by atoms with E-state index < -0.39 is 17.6 Å². The smallest absolute Gasteiger partial charge is 0.408 e. The first-order valence-electron chi connectivity index (χ1n) is 5.85. The van der Waals surface area contributed by atoms with Crippen LogP contribution in [0.25, 0.3) is 0 Å². The van der Waals surface area contributed by atoms with Gasteiger partial charge in [0.2, 0.25) is 0 Å². The zero-order chi connectivity index (χ0) is 13.0. The highest BCUT2D eigenvalue weighted by atomic mass is 16.5. The number of alkyl carbamates (subject to hydrolysis) is 1. The van der Waals surface area contributed by atoms with Crippen LogP contribution in [-0.4, -0.2) is 22.7 Å². The minimum absolute atomic E-state index is 0.141. The second kappa shape index (κ2) is 5.08. The largest absolute Gasteiger partial charge is 0.480 e. The molecule has 18 heavy (non-hydrogen) atoms. The van der Waals surface area contributed by atoms with Gasteiger partial charge in [-0.05, 0) is 24.8 Å². The highest BCUT2D eigenvalue weighted by Gasteiger charge is 2.46. The Morgan fingerprint density at radius 1 is 1.28 bits per heavy atom. The lowest BCUT2D eigenvalue weighted by Gasteiger charge is -2.37. The molecule has 2 N–H and O–H groups in total. The monoisotopic (exact) mass is 249 g/mol. The average Bonchev–Trinajstić information content (AvgIpc) is 2.32. The van der Waals surface area contributed by atoms with Gasteiger partial charge in [-0.15, -0.1) is 0 Å². The summed E-state index contributed by atoms with van der Waals surface area (Å²) in [4.78, 5) is 22.6. The fraction of sp³-hybridized carbons (Fsp3) is 0.385. The molecule has 5 heteroatoms. The molecule has 1 aliphatic carbocycles. The van der Waals surface area contributed by atoms with E-state index >= 15 is 0 Å². The lowest BCUT2D eigenvalue weighted by molar-refractivity contribution is -0.148. The SMILES string of the molecule is O=C(NC1(C(=O)O)CCC1)OCc1ccccc1. The number of hydrogen-bond acceptors (Lipinski definition) is 3. The van der Waals surface area contributed by atoms with Gasteiger partial charge < -0.3 is 15.2 Å². The summed E-state index contributed by atoms with van der Waals surface area (Å²) in [6.07, 6.45) is 1.05. The molecule has 0 atom stereocenters. The van der Waals surface area contributed by atoms with Gasteiger partial charge in [0.25, 0.3) is 0 Å². The number of hydrogen-bond donors (Lipinski definition) is 2. The van der Waals surface area contributed by atoms with E-state index in [-0.39, 0.29) is 6.61 Å². The average molecular weight is 249 g/mol. The Hall–Kier alpha value is -2.04. The van der Waals surface area contributed by atoms with Crippen LogP contribution in [0.3, 0.4) is 0 Å². The lowest BCUT2D eigenvalue weighted by atomic mass is 9.77. The molecule has 5 nitrogen and oxygen atoms in total. The van der Waals surface area contributed by atoms with Gasteiger partial charge in [0.1, 0.15) is 12.1 Å². The van der Waals surface area contributed by atoms with E-state index in [1.165, 1.54) is 0 Å². The third-order valence-electron chi connectivity index (χ3n) is 3.17. The topological polar surface area (TPSA) is 75.6 Å². The number of aliphatic carboxylic acids is 1. The van der Waals surface area contributed by atoms with E-state index in [1.807, 2.05) is 30.3 Å². The minimum Gasteiger partial charge on any atom is -0.480 e. The van der Waals surface area contributed by atoms with E-state index in [0.717, 1.165) is 12.0 Å². The lowest BCUT2D eigenvalue weighted by Crippen LogP contribution is -2.59. The predicted molar refractivity (Wildman–Crippen MR) is 64.0 cm³/mol. The van der Waals surface area contributed by atoms with Crippen molar-refractivity contribution in [3.63, 3.8) is 0 Å². The van der Waals surface area contributed by atoms with Crippen molar-refractivity contribution in [2.75, 3.05) is 0 Å². The summed E-state index contributed by atoms with van der Waals surface area (Å²) in [7, 11) is 0. The number of rotatable bonds is 4. The van der Waals surface area contributed by atoms with Crippen LogP contribution in [-0.2, 0) is 16.1 Å². The molecule has 0 radical (unpaired) electrons. The number of benzene rings is 1. The number of carboxylic acids is 1. The van der Waals surface area contributed by atoms with Crippen LogP contribution in [0.5, 0.6) is 0 Å². The Bertz CT molecular complexity index is 440. The third-order valence-corrected chi connectivity index (χ3v) is 3.17. The Labute approximate surface area is 105 Å². The summed E-state index contributed by atoms with van der Waals surface area (Å²) in [6, 6.07) is 9.24. The van der Waals surface area contributed by atoms with Crippen molar-refractivity contribution in [3.8, 4) is 0 Å². The maximum absolute atomic E-state index is 11.5. The van der Waals surface area contributed by atoms with Crippen molar-refractivity contribution in [2.24, 2.45) is 0 Å². The second-order valence-corrected chi connectivity index (χ2v) is 4.43. The molecule has 1 fully saturated rings. The number of ether oxygens (including phenoxy) is 1. The fourth-order valence-corrected chi connectivity index (χ4v) is 1.88. The maximum Gasteiger partial charge on any atom is 0.408 e. The molecule has 1 amide bonds. The summed E-state index contributed by atoms with van der Waals surface area (Å²) in [5.74, 6) is -0.995. The van der Waals surface area contributed by atoms with Gasteiger partial charge in [-0.2, -0.15) is 0 Å². The van der Waals surface area contributed by atoms with Crippen LogP contribution in [0, 0.1) is 0 Å². The van der Waals surface area contributed by atoms with Crippen LogP contribution in [0.1, 0.15) is 24.8 Å². The third kappa shape index (κ3) is 2.61. The molecule has 1 aromatic rings. The van der Waals surface area contributed by atoms with Gasteiger partial charge in [-0.1, -0.05) is 30.3 Å². The van der Waals surface area contributed by atoms with E-state index in [4.69, 9.17) is 9.84 Å². The zero-order valence-electron chi connectivity index (χ0n) is 9.89. The molecular weight excluding hydrogens is 234 g/mol. The van der Waals surface area contributed by atoms with E-state index in [9.17, 15) is 9.59 Å². The quantitative estimate of drug-likeness (QED) is 0.854. The Kier molecular flexibility index (Phi) is 3.50. The molecule has 0 spiro atoms. The van der Waals surface area contributed by atoms with E-state index in [2.05, 4.69) is 5.32 Å². The Balaban J connectivity index is 1.84. The Morgan fingerprint density at radius 3 is 2.44 bits per heavy atom. The van der Waals surface area contributed by atoms with Gasteiger partial charge in [0.15, 0.2) is 0 Å². The molecule has 0 bridgehead atoms. The van der Waals surface area contributed by atoms with Gasteiger partial charge in [-0.25, -0.2) is 9.59 Å². The molecule has 96 valence electrons. The molecule has 0 saturated heterocycles. The number of carbonyl (C=O) groups excluding carboxylic acids is 1. The molecule has 0 aromatic heterocycles. The minimum atomic E-state index is -1.12. The summed E-state index contributed by atoms with van der Waals surface area (Å²) < 4.78 is 5.00. The Morgan fingerprint density at radius 2 is 1.94 bits per heavy atom. The molecule has 1 saturated carbocycles. The summed E-state index contributed by atoms with van der Waals surface area (Å²) in [5.41, 5.74) is -0.251. The van der Waals surface area contributed by atoms with Gasteiger partial charge in [0.05, 0.1) is 0 Å². The first-order chi connectivity index (χ1) is 8.62. The number of carboxylic acid groups (broad SMARTS) is 1. The number of amides is 1. The van der Waals surface area contributed by atoms with Crippen LogP contribution in [0.2, 0.25) is 0 Å². The first-order valence-corrected chi connectivity index (χ1v) is 5.85. The number of carbonyl (C=O) groups is 2. The van der Waals surface area contributed by atoms with Crippen molar-refractivity contribution in [3.05, 3.63) is 35.9 Å². The highest BCUT2D eigenvalue weighted by Crippen LogP contribution is 2.32. The molecule has 0 heterocycles. The number of nitrogens with one attached hydrogen (secondary N) is 1. The molecule has 1 aromatic carbocycles. The molecule has 0 aliphatic heterocycles. The molecule has 0 unspecified atom stereocenters. The summed E-state index contributed by atoms with van der Waals surface area (Å²) >= 11 is 0. The van der Waals surface area contributed by atoms with Crippen molar-refractivity contribution < 1.29 is 19.4 Å². The van der Waals surface area contributed by atoms with Crippen molar-refractivity contribution in [1.29, 1.82) is 0 Å². The fourth-order valence-electron chi connectivity index (χ4n) is 1.88. The van der Waals surface area contributed by atoms with Crippen LogP contribution < -0.4 is 5.32 Å². The summed E-state index contributed by atoms with van der Waals surface area (Å²) in [5, 5.41) is 11.5. The first kappa shape index (κ1) is 12.4. The zero-order valence-corrected chi connectivity index (χ0v) is 9.89. The second-order valence-electron chi connectivity index (χ2n) is 4.43. The standard InChI is InChI=1S/C13H15NO4/c15-11(16)13(7-4-8-13)14-12(17)18-9-10-5-2-1-3-6-10/h1-3,5-6H,4,7-9H2,(H,14,17)(H,15,16). The maximum atomic E-state index is 11.5. The van der Waals surface area contributed by atoms with Gasteiger partial charge in [-0.3, -0.25) is 0 Å². The predicted octanol–water partition coefficient (Wildman–Crippen LogP) is 1.92. The van der Waals surface area contributed by atoms with Gasteiger partial charge >= 0.3 is 12.1 Å². The molecule has 2 rings (SSSR count). The highest BCUT2D eigenvalue weighted by molar-refractivity contribution is 5.85. The van der Waals surface area contributed by atoms with Crippen molar-refractivity contribution >= 4 is 12.1 Å². The van der Waals surface area contributed by atoms with Crippen molar-refractivity contribution in [2.45, 2.75) is 31.4 Å². The van der Waals surface area contributed by atoms with Crippen LogP contribution >= 0.6 is 0 Å². The molecule has 1 aliphatic rings.